The number of halogens is 1. The molecule has 5 nitrogen and oxygen atoms in total. The van der Waals surface area contributed by atoms with Crippen LogP contribution < -0.4 is 10.1 Å². The summed E-state index contributed by atoms with van der Waals surface area (Å²) in [6.07, 6.45) is 0. The Morgan fingerprint density at radius 2 is 1.70 bits per heavy atom. The Morgan fingerprint density at radius 1 is 1.04 bits per heavy atom. The number of anilines is 1. The predicted molar refractivity (Wildman–Crippen MR) is 106 cm³/mol. The van der Waals surface area contributed by atoms with Crippen LogP contribution in [0.3, 0.4) is 0 Å². The third kappa shape index (κ3) is 6.29. The molecule has 144 valence electrons. The largest absolute Gasteiger partial charge is 0.482 e. The summed E-state index contributed by atoms with van der Waals surface area (Å²) in [5.41, 5.74) is 2.55. The molecule has 0 bridgehead atoms. The van der Waals surface area contributed by atoms with Gasteiger partial charge in [0.25, 0.3) is 5.91 Å². The number of amides is 1. The second kappa shape index (κ2) is 8.91. The van der Waals surface area contributed by atoms with Gasteiger partial charge >= 0.3 is 5.97 Å². The van der Waals surface area contributed by atoms with Crippen molar-refractivity contribution >= 4 is 29.2 Å². The minimum atomic E-state index is -0.618. The normalized spacial score (nSPS) is 11.0. The van der Waals surface area contributed by atoms with Gasteiger partial charge in [-0.05, 0) is 47.7 Å². The van der Waals surface area contributed by atoms with E-state index in [2.05, 4.69) is 26.1 Å². The van der Waals surface area contributed by atoms with Gasteiger partial charge in [-0.2, -0.15) is 0 Å². The van der Waals surface area contributed by atoms with E-state index in [9.17, 15) is 9.59 Å². The summed E-state index contributed by atoms with van der Waals surface area (Å²) < 4.78 is 10.3. The molecule has 0 aliphatic heterocycles. The Morgan fingerprint density at radius 3 is 2.33 bits per heavy atom. The lowest BCUT2D eigenvalue weighted by atomic mass is 9.87. The van der Waals surface area contributed by atoms with Crippen molar-refractivity contribution in [2.45, 2.75) is 33.1 Å². The number of esters is 1. The molecule has 0 saturated carbocycles. The molecular formula is C21H24ClNO4. The highest BCUT2D eigenvalue weighted by Gasteiger charge is 2.14. The van der Waals surface area contributed by atoms with Crippen LogP contribution in [0.1, 0.15) is 31.9 Å². The van der Waals surface area contributed by atoms with Crippen molar-refractivity contribution in [1.82, 2.24) is 0 Å². The van der Waals surface area contributed by atoms with Crippen LogP contribution in [-0.4, -0.2) is 25.1 Å². The Balaban J connectivity index is 1.77. The van der Waals surface area contributed by atoms with Gasteiger partial charge in [-0.25, -0.2) is 4.79 Å². The van der Waals surface area contributed by atoms with Gasteiger partial charge in [0.1, 0.15) is 5.75 Å². The smallest absolute Gasteiger partial charge is 0.344 e. The number of nitrogens with one attached hydrogen (secondary N) is 1. The van der Waals surface area contributed by atoms with E-state index in [1.54, 1.807) is 25.1 Å². The average molecular weight is 390 g/mol. The van der Waals surface area contributed by atoms with Crippen molar-refractivity contribution in [2.24, 2.45) is 0 Å². The highest BCUT2D eigenvalue weighted by molar-refractivity contribution is 6.31. The molecular weight excluding hydrogens is 366 g/mol. The molecule has 0 aliphatic carbocycles. The van der Waals surface area contributed by atoms with Crippen LogP contribution in [0.4, 0.5) is 5.69 Å². The fourth-order valence-corrected chi connectivity index (χ4v) is 2.48. The molecule has 0 spiro atoms. The first-order valence-electron chi connectivity index (χ1n) is 8.61. The molecule has 2 aromatic carbocycles. The molecule has 27 heavy (non-hydrogen) atoms. The van der Waals surface area contributed by atoms with Crippen molar-refractivity contribution in [3.63, 3.8) is 0 Å². The third-order valence-corrected chi connectivity index (χ3v) is 4.39. The fraction of sp³-hybridized carbons (Fsp3) is 0.333. The summed E-state index contributed by atoms with van der Waals surface area (Å²) in [7, 11) is 0. The van der Waals surface area contributed by atoms with Crippen LogP contribution in [0.2, 0.25) is 5.02 Å². The standard InChI is InChI=1S/C21H24ClNO4/c1-14-17(22)6-5-7-18(14)23-19(24)12-27-20(25)13-26-16-10-8-15(9-11-16)21(2,3)4/h5-11H,12-13H2,1-4H3,(H,23,24). The second-order valence-corrected chi connectivity index (χ2v) is 7.59. The molecule has 2 aromatic rings. The summed E-state index contributed by atoms with van der Waals surface area (Å²) in [6, 6.07) is 12.7. The number of hydrogen-bond acceptors (Lipinski definition) is 4. The summed E-state index contributed by atoms with van der Waals surface area (Å²) >= 11 is 6.01. The SMILES string of the molecule is Cc1c(Cl)cccc1NC(=O)COC(=O)COc1ccc(C(C)(C)C)cc1. The van der Waals surface area contributed by atoms with Crippen molar-refractivity contribution < 1.29 is 19.1 Å². The van der Waals surface area contributed by atoms with E-state index in [4.69, 9.17) is 21.1 Å². The molecule has 2 rings (SSSR count). The minimum absolute atomic E-state index is 0.0478. The zero-order chi connectivity index (χ0) is 20.0. The van der Waals surface area contributed by atoms with E-state index in [-0.39, 0.29) is 12.0 Å². The predicted octanol–water partition coefficient (Wildman–Crippen LogP) is 4.51. The Labute approximate surface area is 164 Å². The van der Waals surface area contributed by atoms with E-state index in [0.29, 0.717) is 16.5 Å². The van der Waals surface area contributed by atoms with Crippen molar-refractivity contribution in [2.75, 3.05) is 18.5 Å². The fourth-order valence-electron chi connectivity index (χ4n) is 2.31. The van der Waals surface area contributed by atoms with Crippen LogP contribution in [0.25, 0.3) is 0 Å². The lowest BCUT2D eigenvalue weighted by Crippen LogP contribution is -2.24. The van der Waals surface area contributed by atoms with Gasteiger partial charge < -0.3 is 14.8 Å². The topological polar surface area (TPSA) is 64.6 Å². The third-order valence-electron chi connectivity index (χ3n) is 3.98. The molecule has 0 aliphatic rings. The zero-order valence-corrected chi connectivity index (χ0v) is 16.7. The quantitative estimate of drug-likeness (QED) is 0.738. The van der Waals surface area contributed by atoms with Crippen LogP contribution in [0, 0.1) is 6.92 Å². The molecule has 0 radical (unpaired) electrons. The van der Waals surface area contributed by atoms with Gasteiger partial charge in [-0.3, -0.25) is 4.79 Å². The van der Waals surface area contributed by atoms with Crippen molar-refractivity contribution in [3.05, 3.63) is 58.6 Å². The maximum Gasteiger partial charge on any atom is 0.344 e. The molecule has 1 amide bonds. The van der Waals surface area contributed by atoms with E-state index in [0.717, 1.165) is 5.56 Å². The highest BCUT2D eigenvalue weighted by Crippen LogP contribution is 2.24. The molecule has 0 aromatic heterocycles. The van der Waals surface area contributed by atoms with Crippen molar-refractivity contribution in [1.29, 1.82) is 0 Å². The summed E-state index contributed by atoms with van der Waals surface area (Å²) in [5.74, 6) is -0.491. The number of carbonyl (C=O) groups excluding carboxylic acids is 2. The number of rotatable bonds is 6. The van der Waals surface area contributed by atoms with Gasteiger partial charge in [-0.1, -0.05) is 50.6 Å². The van der Waals surface area contributed by atoms with Gasteiger partial charge in [-0.15, -0.1) is 0 Å². The highest BCUT2D eigenvalue weighted by atomic mass is 35.5. The Hall–Kier alpha value is -2.53. The number of hydrogen-bond donors (Lipinski definition) is 1. The maximum absolute atomic E-state index is 11.9. The molecule has 0 heterocycles. The first kappa shape index (κ1) is 20.8. The summed E-state index contributed by atoms with van der Waals surface area (Å²) in [6.45, 7) is 7.50. The molecule has 0 fully saturated rings. The van der Waals surface area contributed by atoms with Crippen molar-refractivity contribution in [3.8, 4) is 5.75 Å². The van der Waals surface area contributed by atoms with E-state index in [1.807, 2.05) is 24.3 Å². The minimum Gasteiger partial charge on any atom is -0.482 e. The van der Waals surface area contributed by atoms with Crippen LogP contribution in [0.5, 0.6) is 5.75 Å². The Kier molecular flexibility index (Phi) is 6.86. The van der Waals surface area contributed by atoms with E-state index in [1.165, 1.54) is 5.56 Å². The lowest BCUT2D eigenvalue weighted by Gasteiger charge is -2.19. The second-order valence-electron chi connectivity index (χ2n) is 7.18. The van der Waals surface area contributed by atoms with Gasteiger partial charge in [0.15, 0.2) is 13.2 Å². The number of carbonyl (C=O) groups is 2. The molecule has 6 heteroatoms. The monoisotopic (exact) mass is 389 g/mol. The van der Waals surface area contributed by atoms with Gasteiger partial charge in [0.2, 0.25) is 0 Å². The van der Waals surface area contributed by atoms with Gasteiger partial charge in [0.05, 0.1) is 0 Å². The van der Waals surface area contributed by atoms with Gasteiger partial charge in [0, 0.05) is 10.7 Å². The number of benzene rings is 2. The Bertz CT molecular complexity index is 810. The number of ether oxygens (including phenoxy) is 2. The van der Waals surface area contributed by atoms with E-state index >= 15 is 0 Å². The molecule has 0 unspecified atom stereocenters. The van der Waals surface area contributed by atoms with E-state index < -0.39 is 18.5 Å². The average Bonchev–Trinajstić information content (AvgIpc) is 2.61. The maximum atomic E-state index is 11.9. The summed E-state index contributed by atoms with van der Waals surface area (Å²) in [5, 5.41) is 3.21. The summed E-state index contributed by atoms with van der Waals surface area (Å²) in [4.78, 5) is 23.7. The van der Waals surface area contributed by atoms with Crippen LogP contribution in [0.15, 0.2) is 42.5 Å². The zero-order valence-electron chi connectivity index (χ0n) is 16.0. The first-order valence-corrected chi connectivity index (χ1v) is 8.98. The van der Waals surface area contributed by atoms with Crippen LogP contribution >= 0.6 is 11.6 Å². The molecule has 1 N–H and O–H groups in total. The first-order chi connectivity index (χ1) is 12.7. The molecule has 0 saturated heterocycles. The van der Waals surface area contributed by atoms with Crippen LogP contribution in [-0.2, 0) is 19.7 Å². The molecule has 0 atom stereocenters. The lowest BCUT2D eigenvalue weighted by molar-refractivity contribution is -0.149.